The van der Waals surface area contributed by atoms with E-state index in [1.807, 2.05) is 25.1 Å². The molecule has 3 rings (SSSR count). The highest BCUT2D eigenvalue weighted by atomic mass is 79.9. The topological polar surface area (TPSA) is 69.4 Å². The van der Waals surface area contributed by atoms with Gasteiger partial charge >= 0.3 is 0 Å². The molecular weight excluding hydrogens is 310 g/mol. The van der Waals surface area contributed by atoms with Gasteiger partial charge in [-0.05, 0) is 40.5 Å². The van der Waals surface area contributed by atoms with Gasteiger partial charge in [0.25, 0.3) is 0 Å². The SMILES string of the molecule is Cc1c(N)cnc(Nc2ccc3c(c2)OCO3)c1Br. The molecule has 1 aliphatic heterocycles. The summed E-state index contributed by atoms with van der Waals surface area (Å²) in [6.45, 7) is 2.20. The Morgan fingerprint density at radius 2 is 2.11 bits per heavy atom. The number of nitrogens with two attached hydrogens (primary N) is 1. The number of hydrogen-bond acceptors (Lipinski definition) is 5. The van der Waals surface area contributed by atoms with E-state index in [9.17, 15) is 0 Å². The van der Waals surface area contributed by atoms with E-state index in [1.54, 1.807) is 6.20 Å². The van der Waals surface area contributed by atoms with Crippen molar-refractivity contribution in [2.24, 2.45) is 0 Å². The average Bonchev–Trinajstić information content (AvgIpc) is 2.87. The molecule has 2 aromatic rings. The summed E-state index contributed by atoms with van der Waals surface area (Å²) in [4.78, 5) is 4.27. The smallest absolute Gasteiger partial charge is 0.231 e. The zero-order valence-electron chi connectivity index (χ0n) is 10.2. The third kappa shape index (κ3) is 2.19. The highest BCUT2D eigenvalue weighted by Gasteiger charge is 2.14. The molecule has 1 aliphatic rings. The van der Waals surface area contributed by atoms with E-state index in [0.29, 0.717) is 11.5 Å². The number of ether oxygens (including phenoxy) is 2. The van der Waals surface area contributed by atoms with Crippen molar-refractivity contribution in [3.63, 3.8) is 0 Å². The van der Waals surface area contributed by atoms with Gasteiger partial charge in [0.05, 0.1) is 16.4 Å². The van der Waals surface area contributed by atoms with Gasteiger partial charge < -0.3 is 20.5 Å². The van der Waals surface area contributed by atoms with E-state index in [4.69, 9.17) is 15.2 Å². The Kier molecular flexibility index (Phi) is 2.94. The van der Waals surface area contributed by atoms with Gasteiger partial charge in [-0.1, -0.05) is 0 Å². The molecule has 98 valence electrons. The quantitative estimate of drug-likeness (QED) is 0.888. The molecule has 0 atom stereocenters. The van der Waals surface area contributed by atoms with Crippen LogP contribution in [0.3, 0.4) is 0 Å². The summed E-state index contributed by atoms with van der Waals surface area (Å²) in [6.07, 6.45) is 1.63. The molecular formula is C13H12BrN3O2. The lowest BCUT2D eigenvalue weighted by atomic mass is 10.2. The van der Waals surface area contributed by atoms with Gasteiger partial charge in [-0.2, -0.15) is 0 Å². The van der Waals surface area contributed by atoms with E-state index >= 15 is 0 Å². The van der Waals surface area contributed by atoms with Gasteiger partial charge in [0.1, 0.15) is 5.82 Å². The minimum Gasteiger partial charge on any atom is -0.454 e. The van der Waals surface area contributed by atoms with Gasteiger partial charge in [0, 0.05) is 11.8 Å². The van der Waals surface area contributed by atoms with E-state index < -0.39 is 0 Å². The number of aromatic nitrogens is 1. The molecule has 0 fully saturated rings. The number of pyridine rings is 1. The number of halogens is 1. The maximum Gasteiger partial charge on any atom is 0.231 e. The summed E-state index contributed by atoms with van der Waals surface area (Å²) >= 11 is 3.49. The Labute approximate surface area is 118 Å². The fraction of sp³-hybridized carbons (Fsp3) is 0.154. The van der Waals surface area contributed by atoms with Crippen molar-refractivity contribution in [3.05, 3.63) is 34.4 Å². The molecule has 0 saturated heterocycles. The van der Waals surface area contributed by atoms with Crippen LogP contribution < -0.4 is 20.5 Å². The monoisotopic (exact) mass is 321 g/mol. The maximum atomic E-state index is 5.80. The Morgan fingerprint density at radius 1 is 1.32 bits per heavy atom. The van der Waals surface area contributed by atoms with Crippen LogP contribution in [0, 0.1) is 6.92 Å². The molecule has 6 heteroatoms. The molecule has 0 unspecified atom stereocenters. The van der Waals surface area contributed by atoms with Crippen molar-refractivity contribution >= 4 is 33.1 Å². The number of fused-ring (bicyclic) bond motifs is 1. The molecule has 0 aliphatic carbocycles. The highest BCUT2D eigenvalue weighted by molar-refractivity contribution is 9.10. The first kappa shape index (κ1) is 12.1. The van der Waals surface area contributed by atoms with Crippen LogP contribution >= 0.6 is 15.9 Å². The summed E-state index contributed by atoms with van der Waals surface area (Å²) in [5.41, 5.74) is 8.29. The van der Waals surface area contributed by atoms with E-state index in [0.717, 1.165) is 27.2 Å². The van der Waals surface area contributed by atoms with Crippen molar-refractivity contribution < 1.29 is 9.47 Å². The van der Waals surface area contributed by atoms with Crippen molar-refractivity contribution in [1.82, 2.24) is 4.98 Å². The van der Waals surface area contributed by atoms with Gasteiger partial charge in [-0.3, -0.25) is 0 Å². The van der Waals surface area contributed by atoms with Crippen LogP contribution in [0.25, 0.3) is 0 Å². The first-order chi connectivity index (χ1) is 9.15. The molecule has 1 aromatic carbocycles. The van der Waals surface area contributed by atoms with Crippen LogP contribution in [0.4, 0.5) is 17.2 Å². The molecule has 0 bridgehead atoms. The molecule has 0 spiro atoms. The Balaban J connectivity index is 1.91. The van der Waals surface area contributed by atoms with Crippen LogP contribution in [0.1, 0.15) is 5.56 Å². The predicted molar refractivity (Wildman–Crippen MR) is 76.9 cm³/mol. The van der Waals surface area contributed by atoms with Crippen LogP contribution in [-0.4, -0.2) is 11.8 Å². The van der Waals surface area contributed by atoms with Gasteiger partial charge in [0.15, 0.2) is 11.5 Å². The van der Waals surface area contributed by atoms with Crippen LogP contribution in [-0.2, 0) is 0 Å². The molecule has 19 heavy (non-hydrogen) atoms. The summed E-state index contributed by atoms with van der Waals surface area (Å²) < 4.78 is 11.5. The van der Waals surface area contributed by atoms with Crippen LogP contribution in [0.2, 0.25) is 0 Å². The van der Waals surface area contributed by atoms with Crippen molar-refractivity contribution in [2.45, 2.75) is 6.92 Å². The summed E-state index contributed by atoms with van der Waals surface area (Å²) in [5, 5.41) is 3.22. The lowest BCUT2D eigenvalue weighted by molar-refractivity contribution is 0.174. The zero-order chi connectivity index (χ0) is 13.4. The van der Waals surface area contributed by atoms with Crippen LogP contribution in [0.15, 0.2) is 28.9 Å². The second-order valence-corrected chi connectivity index (χ2v) is 4.99. The summed E-state index contributed by atoms with van der Waals surface area (Å²) in [6, 6.07) is 5.65. The highest BCUT2D eigenvalue weighted by Crippen LogP contribution is 2.36. The minimum atomic E-state index is 0.266. The van der Waals surface area contributed by atoms with E-state index in [2.05, 4.69) is 26.2 Å². The molecule has 1 aromatic heterocycles. The lowest BCUT2D eigenvalue weighted by Gasteiger charge is -2.11. The molecule has 5 nitrogen and oxygen atoms in total. The van der Waals surface area contributed by atoms with Gasteiger partial charge in [-0.15, -0.1) is 0 Å². The standard InChI is InChI=1S/C13H12BrN3O2/c1-7-9(15)5-16-13(12(7)14)17-8-2-3-10-11(4-8)19-6-18-10/h2-5H,6,15H2,1H3,(H,16,17). The van der Waals surface area contributed by atoms with Gasteiger partial charge in [0.2, 0.25) is 6.79 Å². The maximum absolute atomic E-state index is 5.80. The lowest BCUT2D eigenvalue weighted by Crippen LogP contribution is -1.99. The largest absolute Gasteiger partial charge is 0.454 e. The zero-order valence-corrected chi connectivity index (χ0v) is 11.8. The fourth-order valence-corrected chi connectivity index (χ4v) is 2.22. The third-order valence-corrected chi connectivity index (χ3v) is 3.91. The summed E-state index contributed by atoms with van der Waals surface area (Å²) in [5.74, 6) is 2.20. The van der Waals surface area contributed by atoms with Crippen molar-refractivity contribution in [1.29, 1.82) is 0 Å². The number of benzene rings is 1. The minimum absolute atomic E-state index is 0.266. The number of hydrogen-bond donors (Lipinski definition) is 2. The number of nitrogens with one attached hydrogen (secondary N) is 1. The molecule has 0 saturated carbocycles. The first-order valence-corrected chi connectivity index (χ1v) is 6.51. The Bertz CT molecular complexity index is 646. The number of nitrogen functional groups attached to an aromatic ring is 1. The Morgan fingerprint density at radius 3 is 2.95 bits per heavy atom. The molecule has 0 radical (unpaired) electrons. The molecule has 2 heterocycles. The third-order valence-electron chi connectivity index (χ3n) is 2.94. The molecule has 3 N–H and O–H groups in total. The fourth-order valence-electron chi connectivity index (χ4n) is 1.79. The Hall–Kier alpha value is -1.95. The van der Waals surface area contributed by atoms with Crippen molar-refractivity contribution in [2.75, 3.05) is 17.8 Å². The number of rotatable bonds is 2. The van der Waals surface area contributed by atoms with Crippen LogP contribution in [0.5, 0.6) is 11.5 Å². The first-order valence-electron chi connectivity index (χ1n) is 5.72. The number of anilines is 3. The predicted octanol–water partition coefficient (Wildman–Crippen LogP) is 3.21. The van der Waals surface area contributed by atoms with Crippen molar-refractivity contribution in [3.8, 4) is 11.5 Å². The second-order valence-electron chi connectivity index (χ2n) is 4.19. The second kappa shape index (κ2) is 4.62. The van der Waals surface area contributed by atoms with E-state index in [1.165, 1.54) is 0 Å². The normalized spacial score (nSPS) is 12.5. The molecule has 0 amide bonds. The average molecular weight is 322 g/mol. The number of nitrogens with zero attached hydrogens (tertiary/aromatic N) is 1. The van der Waals surface area contributed by atoms with E-state index in [-0.39, 0.29) is 6.79 Å². The van der Waals surface area contributed by atoms with Gasteiger partial charge in [-0.25, -0.2) is 4.98 Å². The summed E-state index contributed by atoms with van der Waals surface area (Å²) in [7, 11) is 0.